The molecule has 2 nitrogen and oxygen atoms in total. The third kappa shape index (κ3) is 2.79. The monoisotopic (exact) mass is 276 g/mol. The zero-order valence-electron chi connectivity index (χ0n) is 7.87. The number of hydrogen-bond donors (Lipinski definition) is 0. The number of ether oxygens (including phenoxy) is 2. The number of rotatable bonds is 3. The quantitative estimate of drug-likeness (QED) is 0.841. The Morgan fingerprint density at radius 2 is 2.50 bits per heavy atom. The van der Waals surface area contributed by atoms with Gasteiger partial charge in [-0.3, -0.25) is 0 Å². The molecular weight excluding hydrogens is 264 g/mol. The lowest BCUT2D eigenvalue weighted by molar-refractivity contribution is -0.168. The fourth-order valence-electron chi connectivity index (χ4n) is 1.45. The molecule has 1 saturated heterocycles. The molecule has 1 aromatic heterocycles. The van der Waals surface area contributed by atoms with Gasteiger partial charge in [-0.25, -0.2) is 0 Å². The molecule has 1 fully saturated rings. The van der Waals surface area contributed by atoms with Gasteiger partial charge in [0.05, 0.1) is 10.4 Å². The van der Waals surface area contributed by atoms with Crippen LogP contribution in [-0.2, 0) is 16.1 Å². The second-order valence-electron chi connectivity index (χ2n) is 3.33. The molecule has 1 unspecified atom stereocenters. The molecule has 1 aliphatic rings. The molecule has 0 aliphatic carbocycles. The minimum absolute atomic E-state index is 0.00977. The lowest BCUT2D eigenvalue weighted by Gasteiger charge is -2.22. The van der Waals surface area contributed by atoms with Crippen LogP contribution in [0.15, 0.2) is 15.2 Å². The highest BCUT2D eigenvalue weighted by molar-refractivity contribution is 9.11. The lowest BCUT2D eigenvalue weighted by Crippen LogP contribution is -2.21. The molecule has 0 spiro atoms. The van der Waals surface area contributed by atoms with Gasteiger partial charge in [0, 0.05) is 12.2 Å². The van der Waals surface area contributed by atoms with Crippen LogP contribution < -0.4 is 0 Å². The van der Waals surface area contributed by atoms with E-state index in [0.717, 1.165) is 16.8 Å². The molecule has 14 heavy (non-hydrogen) atoms. The van der Waals surface area contributed by atoms with E-state index < -0.39 is 0 Å². The Morgan fingerprint density at radius 1 is 1.57 bits per heavy atom. The molecule has 1 aliphatic heterocycles. The average Bonchev–Trinajstić information content (AvgIpc) is 2.63. The van der Waals surface area contributed by atoms with Crippen molar-refractivity contribution in [2.24, 2.45) is 0 Å². The molecule has 0 bridgehead atoms. The predicted octanol–water partition coefficient (Wildman–Crippen LogP) is 3.55. The van der Waals surface area contributed by atoms with Gasteiger partial charge >= 0.3 is 0 Å². The zero-order valence-corrected chi connectivity index (χ0v) is 10.3. The van der Waals surface area contributed by atoms with Crippen LogP contribution in [0.2, 0.25) is 0 Å². The zero-order chi connectivity index (χ0) is 9.80. The van der Waals surface area contributed by atoms with Crippen LogP contribution in [0.1, 0.15) is 24.8 Å². The first-order valence-electron chi connectivity index (χ1n) is 4.81. The van der Waals surface area contributed by atoms with E-state index in [4.69, 9.17) is 9.47 Å². The van der Waals surface area contributed by atoms with Crippen molar-refractivity contribution >= 4 is 27.3 Å². The molecule has 0 N–H and O–H groups in total. The maximum absolute atomic E-state index is 5.66. The average molecular weight is 277 g/mol. The Labute approximate surface area is 96.4 Å². The van der Waals surface area contributed by atoms with Gasteiger partial charge in [-0.05, 0) is 46.6 Å². The molecule has 1 atom stereocenters. The predicted molar refractivity (Wildman–Crippen MR) is 60.4 cm³/mol. The molecule has 0 saturated carbocycles. The van der Waals surface area contributed by atoms with Gasteiger partial charge in [-0.15, -0.1) is 11.3 Å². The van der Waals surface area contributed by atoms with E-state index in [1.807, 2.05) is 0 Å². The summed E-state index contributed by atoms with van der Waals surface area (Å²) in [6.07, 6.45) is 3.43. The molecule has 0 aromatic carbocycles. The summed E-state index contributed by atoms with van der Waals surface area (Å²) in [5.74, 6) is 0. The van der Waals surface area contributed by atoms with Crippen molar-refractivity contribution in [1.82, 2.24) is 0 Å². The largest absolute Gasteiger partial charge is 0.353 e. The van der Waals surface area contributed by atoms with E-state index in [9.17, 15) is 0 Å². The van der Waals surface area contributed by atoms with E-state index in [2.05, 4.69) is 27.4 Å². The Balaban J connectivity index is 1.79. The van der Waals surface area contributed by atoms with Crippen LogP contribution in [0.3, 0.4) is 0 Å². The van der Waals surface area contributed by atoms with Gasteiger partial charge in [-0.1, -0.05) is 0 Å². The highest BCUT2D eigenvalue weighted by Gasteiger charge is 2.14. The van der Waals surface area contributed by atoms with Crippen LogP contribution in [0.25, 0.3) is 0 Å². The number of hydrogen-bond acceptors (Lipinski definition) is 3. The summed E-state index contributed by atoms with van der Waals surface area (Å²) < 4.78 is 12.3. The summed E-state index contributed by atoms with van der Waals surface area (Å²) in [5, 5.41) is 2.06. The molecule has 78 valence electrons. The van der Waals surface area contributed by atoms with Gasteiger partial charge in [0.1, 0.15) is 0 Å². The van der Waals surface area contributed by atoms with Crippen molar-refractivity contribution in [3.63, 3.8) is 0 Å². The number of halogens is 1. The van der Waals surface area contributed by atoms with Gasteiger partial charge < -0.3 is 9.47 Å². The van der Waals surface area contributed by atoms with Crippen LogP contribution in [0, 0.1) is 0 Å². The van der Waals surface area contributed by atoms with Crippen molar-refractivity contribution < 1.29 is 9.47 Å². The minimum atomic E-state index is 0.00977. The molecule has 2 heterocycles. The van der Waals surface area contributed by atoms with Crippen LogP contribution in [-0.4, -0.2) is 12.9 Å². The number of thiophene rings is 1. The molecule has 1 aromatic rings. The Kier molecular flexibility index (Phi) is 3.99. The van der Waals surface area contributed by atoms with Gasteiger partial charge in [0.15, 0.2) is 6.29 Å². The molecule has 0 radical (unpaired) electrons. The van der Waals surface area contributed by atoms with Gasteiger partial charge in [0.25, 0.3) is 0 Å². The van der Waals surface area contributed by atoms with Crippen molar-refractivity contribution in [3.8, 4) is 0 Å². The highest BCUT2D eigenvalue weighted by atomic mass is 79.9. The highest BCUT2D eigenvalue weighted by Crippen LogP contribution is 2.25. The molecule has 0 amide bonds. The third-order valence-corrected chi connectivity index (χ3v) is 4.07. The summed E-state index contributed by atoms with van der Waals surface area (Å²) >= 11 is 5.18. The lowest BCUT2D eigenvalue weighted by atomic mass is 10.2. The van der Waals surface area contributed by atoms with Crippen molar-refractivity contribution in [3.05, 3.63) is 20.8 Å². The summed E-state index contributed by atoms with van der Waals surface area (Å²) in [7, 11) is 0. The van der Waals surface area contributed by atoms with Crippen molar-refractivity contribution in [1.29, 1.82) is 0 Å². The maximum Gasteiger partial charge on any atom is 0.158 e. The van der Waals surface area contributed by atoms with Gasteiger partial charge in [-0.2, -0.15) is 0 Å². The molecule has 4 heteroatoms. The molecule has 2 rings (SSSR count). The first-order chi connectivity index (χ1) is 6.86. The Hall–Kier alpha value is 0.1000. The summed E-state index contributed by atoms with van der Waals surface area (Å²) in [4.78, 5) is 0. The summed E-state index contributed by atoms with van der Waals surface area (Å²) in [6.45, 7) is 1.49. The normalized spacial score (nSPS) is 22.5. The topological polar surface area (TPSA) is 18.5 Å². The SMILES string of the molecule is Brc1sccc1COC1CCCCO1. The first kappa shape index (κ1) is 10.6. The first-order valence-corrected chi connectivity index (χ1v) is 6.48. The fourth-order valence-corrected chi connectivity index (χ4v) is 2.65. The smallest absolute Gasteiger partial charge is 0.158 e. The summed E-state index contributed by atoms with van der Waals surface area (Å²) in [6, 6.07) is 2.08. The Bertz CT molecular complexity index is 281. The Morgan fingerprint density at radius 3 is 3.14 bits per heavy atom. The van der Waals surface area contributed by atoms with E-state index in [1.165, 1.54) is 18.4 Å². The van der Waals surface area contributed by atoms with E-state index >= 15 is 0 Å². The summed E-state index contributed by atoms with van der Waals surface area (Å²) in [5.41, 5.74) is 1.21. The van der Waals surface area contributed by atoms with Crippen molar-refractivity contribution in [2.45, 2.75) is 32.2 Å². The second kappa shape index (κ2) is 5.26. The molecular formula is C10H13BrO2S. The fraction of sp³-hybridized carbons (Fsp3) is 0.600. The van der Waals surface area contributed by atoms with Crippen LogP contribution in [0.5, 0.6) is 0 Å². The maximum atomic E-state index is 5.66. The minimum Gasteiger partial charge on any atom is -0.353 e. The van der Waals surface area contributed by atoms with E-state index in [-0.39, 0.29) is 6.29 Å². The van der Waals surface area contributed by atoms with E-state index in [0.29, 0.717) is 6.61 Å². The van der Waals surface area contributed by atoms with Crippen LogP contribution in [0.4, 0.5) is 0 Å². The van der Waals surface area contributed by atoms with Gasteiger partial charge in [0.2, 0.25) is 0 Å². The van der Waals surface area contributed by atoms with E-state index in [1.54, 1.807) is 11.3 Å². The van der Waals surface area contributed by atoms with Crippen LogP contribution >= 0.6 is 27.3 Å². The third-order valence-electron chi connectivity index (χ3n) is 2.26. The standard InChI is InChI=1S/C10H13BrO2S/c11-10-8(4-6-14-10)7-13-9-3-1-2-5-12-9/h4,6,9H,1-3,5,7H2. The van der Waals surface area contributed by atoms with Crippen molar-refractivity contribution in [2.75, 3.05) is 6.61 Å². The second-order valence-corrected chi connectivity index (χ2v) is 5.56.